The van der Waals surface area contributed by atoms with Crippen LogP contribution >= 0.6 is 0 Å². The molecule has 0 atom stereocenters. The van der Waals surface area contributed by atoms with Crippen molar-refractivity contribution in [2.45, 2.75) is 12.8 Å². The number of anilines is 1. The van der Waals surface area contributed by atoms with E-state index in [1.165, 1.54) is 0 Å². The van der Waals surface area contributed by atoms with Gasteiger partial charge in [-0.15, -0.1) is 0 Å². The third-order valence-electron chi connectivity index (χ3n) is 2.83. The summed E-state index contributed by atoms with van der Waals surface area (Å²) < 4.78 is 5.00. The fourth-order valence-electron chi connectivity index (χ4n) is 1.74. The molecule has 0 bridgehead atoms. The summed E-state index contributed by atoms with van der Waals surface area (Å²) in [5.41, 5.74) is 1.71. The van der Waals surface area contributed by atoms with Gasteiger partial charge in [0.05, 0.1) is 6.61 Å². The van der Waals surface area contributed by atoms with Crippen molar-refractivity contribution in [1.82, 2.24) is 4.90 Å². The SMILES string of the molecule is [CH2]c1cccc(NC(=O)CCCN(C)CCOC)c1. The van der Waals surface area contributed by atoms with Gasteiger partial charge in [-0.1, -0.05) is 12.1 Å². The Balaban J connectivity index is 2.21. The summed E-state index contributed by atoms with van der Waals surface area (Å²) in [5, 5.41) is 2.88. The molecule has 0 fully saturated rings. The minimum absolute atomic E-state index is 0.0470. The number of carbonyl (C=O) groups excluding carboxylic acids is 1. The predicted octanol–water partition coefficient (Wildman–Crippen LogP) is 2.17. The van der Waals surface area contributed by atoms with E-state index in [0.717, 1.165) is 37.4 Å². The Morgan fingerprint density at radius 2 is 2.21 bits per heavy atom. The first-order chi connectivity index (χ1) is 9.11. The first kappa shape index (κ1) is 15.7. The Morgan fingerprint density at radius 1 is 1.42 bits per heavy atom. The molecule has 1 aromatic rings. The number of methoxy groups -OCH3 is 1. The zero-order valence-electron chi connectivity index (χ0n) is 11.8. The fourth-order valence-corrected chi connectivity index (χ4v) is 1.74. The van der Waals surface area contributed by atoms with Gasteiger partial charge in [-0.3, -0.25) is 4.79 Å². The molecule has 0 aliphatic rings. The van der Waals surface area contributed by atoms with E-state index in [-0.39, 0.29) is 5.91 Å². The van der Waals surface area contributed by atoms with Crippen molar-refractivity contribution in [2.75, 3.05) is 39.2 Å². The lowest BCUT2D eigenvalue weighted by Crippen LogP contribution is -2.25. The molecule has 0 aromatic heterocycles. The third-order valence-corrected chi connectivity index (χ3v) is 2.83. The van der Waals surface area contributed by atoms with Crippen LogP contribution in [0, 0.1) is 6.92 Å². The number of benzene rings is 1. The number of nitrogens with zero attached hydrogens (tertiary/aromatic N) is 1. The van der Waals surface area contributed by atoms with Crippen LogP contribution in [-0.4, -0.2) is 44.7 Å². The van der Waals surface area contributed by atoms with Gasteiger partial charge in [0.2, 0.25) is 5.91 Å². The lowest BCUT2D eigenvalue weighted by molar-refractivity contribution is -0.116. The van der Waals surface area contributed by atoms with Crippen molar-refractivity contribution in [3.05, 3.63) is 36.8 Å². The van der Waals surface area contributed by atoms with Crippen molar-refractivity contribution >= 4 is 11.6 Å². The largest absolute Gasteiger partial charge is 0.383 e. The summed E-state index contributed by atoms with van der Waals surface area (Å²) in [6, 6.07) is 7.52. The first-order valence-corrected chi connectivity index (χ1v) is 6.51. The van der Waals surface area contributed by atoms with E-state index in [1.54, 1.807) is 7.11 Å². The highest BCUT2D eigenvalue weighted by molar-refractivity contribution is 5.90. The normalized spacial score (nSPS) is 10.7. The second kappa shape index (κ2) is 8.67. The Labute approximate surface area is 115 Å². The van der Waals surface area contributed by atoms with Gasteiger partial charge in [0, 0.05) is 25.8 Å². The number of hydrogen-bond donors (Lipinski definition) is 1. The van der Waals surface area contributed by atoms with Gasteiger partial charge in [0.25, 0.3) is 0 Å². The number of hydrogen-bond acceptors (Lipinski definition) is 3. The van der Waals surface area contributed by atoms with E-state index in [4.69, 9.17) is 4.74 Å². The van der Waals surface area contributed by atoms with Crippen LogP contribution in [0.25, 0.3) is 0 Å². The van der Waals surface area contributed by atoms with Gasteiger partial charge >= 0.3 is 0 Å². The molecular weight excluding hydrogens is 240 g/mol. The van der Waals surface area contributed by atoms with Crippen LogP contribution in [0.1, 0.15) is 18.4 Å². The average molecular weight is 263 g/mol. The van der Waals surface area contributed by atoms with Gasteiger partial charge in [-0.2, -0.15) is 0 Å². The highest BCUT2D eigenvalue weighted by Gasteiger charge is 2.04. The van der Waals surface area contributed by atoms with Crippen LogP contribution in [0.4, 0.5) is 5.69 Å². The molecule has 1 amide bonds. The molecule has 1 N–H and O–H groups in total. The smallest absolute Gasteiger partial charge is 0.224 e. The van der Waals surface area contributed by atoms with Crippen LogP contribution in [0.3, 0.4) is 0 Å². The van der Waals surface area contributed by atoms with Crippen molar-refractivity contribution in [3.8, 4) is 0 Å². The van der Waals surface area contributed by atoms with Crippen LogP contribution in [-0.2, 0) is 9.53 Å². The topological polar surface area (TPSA) is 41.6 Å². The molecule has 19 heavy (non-hydrogen) atoms. The summed E-state index contributed by atoms with van der Waals surface area (Å²) in [4.78, 5) is 13.9. The lowest BCUT2D eigenvalue weighted by Gasteiger charge is -2.15. The standard InChI is InChI=1S/C15H23N2O2/c1-13-6-4-7-14(12-13)16-15(18)8-5-9-17(2)10-11-19-3/h4,6-7,12H,1,5,8-11H2,2-3H3,(H,16,18). The Kier molecular flexibility index (Phi) is 7.15. The van der Waals surface area contributed by atoms with Gasteiger partial charge in [-0.05, 0) is 44.6 Å². The van der Waals surface area contributed by atoms with E-state index in [0.29, 0.717) is 6.42 Å². The van der Waals surface area contributed by atoms with Gasteiger partial charge in [0.1, 0.15) is 0 Å². The summed E-state index contributed by atoms with van der Waals surface area (Å²) in [7, 11) is 3.72. The van der Waals surface area contributed by atoms with Crippen molar-refractivity contribution in [3.63, 3.8) is 0 Å². The maximum atomic E-state index is 11.7. The number of carbonyl (C=O) groups is 1. The monoisotopic (exact) mass is 263 g/mol. The zero-order chi connectivity index (χ0) is 14.1. The van der Waals surface area contributed by atoms with Crippen LogP contribution in [0.15, 0.2) is 24.3 Å². The Morgan fingerprint density at radius 3 is 2.89 bits per heavy atom. The fraction of sp³-hybridized carbons (Fsp3) is 0.467. The summed E-state index contributed by atoms with van der Waals surface area (Å²) in [6.45, 7) is 6.34. The number of amides is 1. The molecule has 0 aliphatic carbocycles. The number of nitrogens with one attached hydrogen (secondary N) is 1. The molecule has 0 heterocycles. The van der Waals surface area contributed by atoms with Crippen LogP contribution < -0.4 is 5.32 Å². The highest BCUT2D eigenvalue weighted by atomic mass is 16.5. The molecule has 1 radical (unpaired) electrons. The average Bonchev–Trinajstić information content (AvgIpc) is 2.36. The zero-order valence-corrected chi connectivity index (χ0v) is 11.8. The molecule has 105 valence electrons. The van der Waals surface area contributed by atoms with Crippen LogP contribution in [0.5, 0.6) is 0 Å². The second-order valence-electron chi connectivity index (χ2n) is 4.65. The molecule has 4 heteroatoms. The van der Waals surface area contributed by atoms with Crippen molar-refractivity contribution < 1.29 is 9.53 Å². The van der Waals surface area contributed by atoms with Crippen molar-refractivity contribution in [1.29, 1.82) is 0 Å². The van der Waals surface area contributed by atoms with E-state index >= 15 is 0 Å². The number of rotatable bonds is 8. The maximum Gasteiger partial charge on any atom is 0.224 e. The molecule has 0 spiro atoms. The van der Waals surface area contributed by atoms with Gasteiger partial charge in [0.15, 0.2) is 0 Å². The quantitative estimate of drug-likeness (QED) is 0.781. The van der Waals surface area contributed by atoms with E-state index in [9.17, 15) is 4.79 Å². The van der Waals surface area contributed by atoms with E-state index in [2.05, 4.69) is 17.1 Å². The molecule has 0 saturated heterocycles. The number of likely N-dealkylation sites (N-methyl/N-ethyl adjacent to an activating group) is 1. The molecule has 0 aliphatic heterocycles. The molecule has 1 aromatic carbocycles. The molecule has 0 saturated carbocycles. The minimum atomic E-state index is 0.0470. The first-order valence-electron chi connectivity index (χ1n) is 6.51. The maximum absolute atomic E-state index is 11.7. The van der Waals surface area contributed by atoms with Crippen molar-refractivity contribution in [2.24, 2.45) is 0 Å². The molecular formula is C15H23N2O2. The highest BCUT2D eigenvalue weighted by Crippen LogP contribution is 2.10. The molecule has 0 unspecified atom stereocenters. The Hall–Kier alpha value is -1.39. The minimum Gasteiger partial charge on any atom is -0.383 e. The predicted molar refractivity (Wildman–Crippen MR) is 78.1 cm³/mol. The van der Waals surface area contributed by atoms with E-state index in [1.807, 2.05) is 31.3 Å². The molecule has 4 nitrogen and oxygen atoms in total. The summed E-state index contributed by atoms with van der Waals surface area (Å²) in [6.07, 6.45) is 1.37. The van der Waals surface area contributed by atoms with Crippen LogP contribution in [0.2, 0.25) is 0 Å². The number of ether oxygens (including phenoxy) is 1. The third kappa shape index (κ3) is 6.94. The summed E-state index contributed by atoms with van der Waals surface area (Å²) >= 11 is 0. The van der Waals surface area contributed by atoms with Gasteiger partial charge in [-0.25, -0.2) is 0 Å². The summed E-state index contributed by atoms with van der Waals surface area (Å²) in [5.74, 6) is 0.0470. The lowest BCUT2D eigenvalue weighted by atomic mass is 10.2. The van der Waals surface area contributed by atoms with Gasteiger partial charge < -0.3 is 15.0 Å². The Bertz CT molecular complexity index is 393. The van der Waals surface area contributed by atoms with E-state index < -0.39 is 0 Å². The second-order valence-corrected chi connectivity index (χ2v) is 4.65. The molecule has 1 rings (SSSR count).